The highest BCUT2D eigenvalue weighted by Gasteiger charge is 2.16. The van der Waals surface area contributed by atoms with Crippen LogP contribution >= 0.6 is 11.8 Å². The van der Waals surface area contributed by atoms with Crippen molar-refractivity contribution in [2.24, 2.45) is 0 Å². The van der Waals surface area contributed by atoms with Gasteiger partial charge in [0.1, 0.15) is 5.75 Å². The number of carbonyl (C=O) groups excluding carboxylic acids is 1. The van der Waals surface area contributed by atoms with Crippen molar-refractivity contribution in [1.29, 1.82) is 0 Å². The standard InChI is InChI=1S/C23H25N3O2S/c1-23(2,3)16-5-10-20(21(15-16)28-4)26-22(27)25-17-6-8-18(9-7-17)29-19-11-13-24-14-12-19/h5-15H,1-4H3,(H2,25,26,27). The van der Waals surface area contributed by atoms with Crippen LogP contribution in [0.4, 0.5) is 16.2 Å². The summed E-state index contributed by atoms with van der Waals surface area (Å²) in [7, 11) is 1.60. The van der Waals surface area contributed by atoms with Crippen molar-refractivity contribution in [3.63, 3.8) is 0 Å². The summed E-state index contributed by atoms with van der Waals surface area (Å²) in [6, 6.07) is 17.1. The minimum Gasteiger partial charge on any atom is -0.495 e. The van der Waals surface area contributed by atoms with Gasteiger partial charge < -0.3 is 15.4 Å². The van der Waals surface area contributed by atoms with Gasteiger partial charge in [0, 0.05) is 27.9 Å². The van der Waals surface area contributed by atoms with Crippen LogP contribution in [0.1, 0.15) is 26.3 Å². The lowest BCUT2D eigenvalue weighted by Crippen LogP contribution is -2.20. The molecule has 0 spiro atoms. The SMILES string of the molecule is COc1cc(C(C)(C)C)ccc1NC(=O)Nc1ccc(Sc2ccncc2)cc1. The van der Waals surface area contributed by atoms with Gasteiger partial charge in [0.15, 0.2) is 0 Å². The van der Waals surface area contributed by atoms with E-state index in [2.05, 4.69) is 36.4 Å². The lowest BCUT2D eigenvalue weighted by atomic mass is 9.87. The van der Waals surface area contributed by atoms with Crippen LogP contribution in [0.5, 0.6) is 5.75 Å². The third-order valence-electron chi connectivity index (χ3n) is 4.31. The predicted molar refractivity (Wildman–Crippen MR) is 119 cm³/mol. The van der Waals surface area contributed by atoms with Crippen LogP contribution in [0, 0.1) is 0 Å². The van der Waals surface area contributed by atoms with E-state index in [0.29, 0.717) is 17.1 Å². The molecule has 0 radical (unpaired) electrons. The monoisotopic (exact) mass is 407 g/mol. The van der Waals surface area contributed by atoms with Gasteiger partial charge in [-0.3, -0.25) is 4.98 Å². The molecule has 1 aromatic heterocycles. The van der Waals surface area contributed by atoms with Crippen molar-refractivity contribution in [2.75, 3.05) is 17.7 Å². The molecule has 0 saturated carbocycles. The molecule has 29 heavy (non-hydrogen) atoms. The fourth-order valence-electron chi connectivity index (χ4n) is 2.69. The Balaban J connectivity index is 1.63. The summed E-state index contributed by atoms with van der Waals surface area (Å²) in [4.78, 5) is 18.6. The number of hydrogen-bond donors (Lipinski definition) is 2. The zero-order valence-electron chi connectivity index (χ0n) is 17.0. The molecule has 0 saturated heterocycles. The highest BCUT2D eigenvalue weighted by molar-refractivity contribution is 7.99. The van der Waals surface area contributed by atoms with Gasteiger partial charge in [0.05, 0.1) is 12.8 Å². The van der Waals surface area contributed by atoms with Gasteiger partial charge in [-0.15, -0.1) is 0 Å². The number of amides is 2. The average Bonchev–Trinajstić information content (AvgIpc) is 2.69. The number of rotatable bonds is 5. The van der Waals surface area contributed by atoms with E-state index < -0.39 is 0 Å². The number of benzene rings is 2. The van der Waals surface area contributed by atoms with Gasteiger partial charge >= 0.3 is 6.03 Å². The molecule has 0 atom stereocenters. The van der Waals surface area contributed by atoms with E-state index in [1.807, 2.05) is 54.6 Å². The van der Waals surface area contributed by atoms with Crippen LogP contribution in [-0.2, 0) is 5.41 Å². The molecule has 5 nitrogen and oxygen atoms in total. The quantitative estimate of drug-likeness (QED) is 0.530. The van der Waals surface area contributed by atoms with Crippen LogP contribution in [0.25, 0.3) is 0 Å². The summed E-state index contributed by atoms with van der Waals surface area (Å²) in [6.45, 7) is 6.41. The van der Waals surface area contributed by atoms with Crippen LogP contribution in [0.15, 0.2) is 76.8 Å². The third kappa shape index (κ3) is 5.74. The second kappa shape index (κ2) is 9.01. The number of methoxy groups -OCH3 is 1. The van der Waals surface area contributed by atoms with Crippen molar-refractivity contribution in [2.45, 2.75) is 36.0 Å². The Morgan fingerprint density at radius 2 is 1.59 bits per heavy atom. The number of hydrogen-bond acceptors (Lipinski definition) is 4. The molecule has 3 rings (SSSR count). The van der Waals surface area contributed by atoms with Gasteiger partial charge in [-0.2, -0.15) is 0 Å². The number of anilines is 2. The Kier molecular flexibility index (Phi) is 6.44. The maximum absolute atomic E-state index is 12.4. The maximum atomic E-state index is 12.4. The maximum Gasteiger partial charge on any atom is 0.323 e. The van der Waals surface area contributed by atoms with Crippen molar-refractivity contribution >= 4 is 29.2 Å². The van der Waals surface area contributed by atoms with E-state index in [9.17, 15) is 4.79 Å². The summed E-state index contributed by atoms with van der Waals surface area (Å²) in [5.74, 6) is 0.636. The molecule has 0 bridgehead atoms. The molecule has 2 aromatic carbocycles. The van der Waals surface area contributed by atoms with Gasteiger partial charge in [0.2, 0.25) is 0 Å². The molecular weight excluding hydrogens is 382 g/mol. The van der Waals surface area contributed by atoms with E-state index >= 15 is 0 Å². The van der Waals surface area contributed by atoms with E-state index in [4.69, 9.17) is 4.74 Å². The molecule has 0 unspecified atom stereocenters. The summed E-state index contributed by atoms with van der Waals surface area (Å²) in [5, 5.41) is 5.71. The molecule has 0 aliphatic carbocycles. The number of pyridine rings is 1. The molecule has 1 heterocycles. The first kappa shape index (κ1) is 20.7. The van der Waals surface area contributed by atoms with Gasteiger partial charge in [-0.1, -0.05) is 38.6 Å². The fraction of sp³-hybridized carbons (Fsp3) is 0.217. The summed E-state index contributed by atoms with van der Waals surface area (Å²) >= 11 is 1.64. The zero-order valence-corrected chi connectivity index (χ0v) is 17.8. The number of nitrogens with zero attached hydrogens (tertiary/aromatic N) is 1. The number of aromatic nitrogens is 1. The second-order valence-electron chi connectivity index (χ2n) is 7.55. The number of ether oxygens (including phenoxy) is 1. The van der Waals surface area contributed by atoms with Gasteiger partial charge in [-0.25, -0.2) is 4.79 Å². The highest BCUT2D eigenvalue weighted by atomic mass is 32.2. The topological polar surface area (TPSA) is 63.2 Å². The Hall–Kier alpha value is -2.99. The lowest BCUT2D eigenvalue weighted by Gasteiger charge is -2.21. The minimum atomic E-state index is -0.318. The Morgan fingerprint density at radius 1 is 0.931 bits per heavy atom. The number of urea groups is 1. The van der Waals surface area contributed by atoms with Crippen LogP contribution < -0.4 is 15.4 Å². The second-order valence-corrected chi connectivity index (χ2v) is 8.70. The first-order valence-corrected chi connectivity index (χ1v) is 10.1. The summed E-state index contributed by atoms with van der Waals surface area (Å²) < 4.78 is 5.45. The molecule has 6 heteroatoms. The van der Waals surface area contributed by atoms with Gasteiger partial charge in [0.25, 0.3) is 0 Å². The predicted octanol–water partition coefficient (Wildman–Crippen LogP) is 6.18. The van der Waals surface area contributed by atoms with Crippen LogP contribution in [0.2, 0.25) is 0 Å². The average molecular weight is 408 g/mol. The third-order valence-corrected chi connectivity index (χ3v) is 5.33. The smallest absolute Gasteiger partial charge is 0.323 e. The largest absolute Gasteiger partial charge is 0.495 e. The van der Waals surface area contributed by atoms with Crippen molar-refractivity contribution in [3.05, 3.63) is 72.6 Å². The summed E-state index contributed by atoms with van der Waals surface area (Å²) in [5.41, 5.74) is 2.49. The Bertz CT molecular complexity index is 968. The number of nitrogens with one attached hydrogen (secondary N) is 2. The first-order chi connectivity index (χ1) is 13.8. The normalized spacial score (nSPS) is 11.0. The first-order valence-electron chi connectivity index (χ1n) is 9.29. The molecule has 0 aliphatic rings. The van der Waals surface area contributed by atoms with E-state index in [-0.39, 0.29) is 11.4 Å². The molecule has 150 valence electrons. The molecule has 2 N–H and O–H groups in total. The van der Waals surface area contributed by atoms with Crippen LogP contribution in [0.3, 0.4) is 0 Å². The molecular formula is C23H25N3O2S. The zero-order chi connectivity index (χ0) is 20.9. The Labute approximate surface area is 175 Å². The molecule has 0 aliphatic heterocycles. The van der Waals surface area contributed by atoms with E-state index in [1.165, 1.54) is 0 Å². The molecule has 3 aromatic rings. The Morgan fingerprint density at radius 3 is 2.21 bits per heavy atom. The van der Waals surface area contributed by atoms with Crippen LogP contribution in [-0.4, -0.2) is 18.1 Å². The van der Waals surface area contributed by atoms with Crippen molar-refractivity contribution in [1.82, 2.24) is 4.98 Å². The minimum absolute atomic E-state index is 0.00406. The lowest BCUT2D eigenvalue weighted by molar-refractivity contribution is 0.262. The van der Waals surface area contributed by atoms with Crippen molar-refractivity contribution in [3.8, 4) is 5.75 Å². The number of carbonyl (C=O) groups is 1. The van der Waals surface area contributed by atoms with Crippen molar-refractivity contribution < 1.29 is 9.53 Å². The highest BCUT2D eigenvalue weighted by Crippen LogP contribution is 2.32. The van der Waals surface area contributed by atoms with Gasteiger partial charge in [-0.05, 0) is 59.5 Å². The summed E-state index contributed by atoms with van der Waals surface area (Å²) in [6.07, 6.45) is 3.54. The molecule has 0 fully saturated rings. The fourth-order valence-corrected chi connectivity index (χ4v) is 3.50. The van der Waals surface area contributed by atoms with E-state index in [0.717, 1.165) is 15.4 Å². The van der Waals surface area contributed by atoms with E-state index in [1.54, 1.807) is 31.3 Å². The molecule has 2 amide bonds.